The highest BCUT2D eigenvalue weighted by atomic mass is 16.5. The summed E-state index contributed by atoms with van der Waals surface area (Å²) in [7, 11) is 0. The summed E-state index contributed by atoms with van der Waals surface area (Å²) in [6.07, 6.45) is 1.02. The first kappa shape index (κ1) is 11.6. The van der Waals surface area contributed by atoms with Gasteiger partial charge in [0.2, 0.25) is 0 Å². The minimum atomic E-state index is 0.215. The lowest BCUT2D eigenvalue weighted by molar-refractivity contribution is 0.289. The van der Waals surface area contributed by atoms with Crippen LogP contribution in [0.25, 0.3) is 0 Å². The SMILES string of the molecule is CC(C)CCOc1ccc2c(c1)C(=N)N=C2N. The van der Waals surface area contributed by atoms with E-state index in [-0.39, 0.29) is 5.84 Å². The van der Waals surface area contributed by atoms with E-state index < -0.39 is 0 Å². The van der Waals surface area contributed by atoms with Crippen molar-refractivity contribution >= 4 is 11.7 Å². The normalized spacial score (nSPS) is 13.8. The summed E-state index contributed by atoms with van der Waals surface area (Å²) in [6, 6.07) is 5.57. The molecule has 90 valence electrons. The van der Waals surface area contributed by atoms with E-state index in [9.17, 15) is 0 Å². The Kier molecular flexibility index (Phi) is 3.13. The number of hydrogen-bond acceptors (Lipinski definition) is 3. The highest BCUT2D eigenvalue weighted by molar-refractivity contribution is 6.20. The Morgan fingerprint density at radius 2 is 2.12 bits per heavy atom. The van der Waals surface area contributed by atoms with Crippen LogP contribution in [0.1, 0.15) is 31.4 Å². The van der Waals surface area contributed by atoms with Crippen molar-refractivity contribution in [3.05, 3.63) is 29.3 Å². The number of hydrogen-bond donors (Lipinski definition) is 2. The summed E-state index contributed by atoms with van der Waals surface area (Å²) >= 11 is 0. The molecule has 3 N–H and O–H groups in total. The third kappa shape index (κ3) is 2.46. The third-order valence-electron chi connectivity index (χ3n) is 2.72. The zero-order valence-electron chi connectivity index (χ0n) is 10.2. The van der Waals surface area contributed by atoms with Gasteiger partial charge in [0.15, 0.2) is 5.84 Å². The molecule has 2 rings (SSSR count). The maximum atomic E-state index is 7.68. The average Bonchev–Trinajstić information content (AvgIpc) is 2.54. The lowest BCUT2D eigenvalue weighted by atomic mass is 10.1. The van der Waals surface area contributed by atoms with E-state index >= 15 is 0 Å². The average molecular weight is 231 g/mol. The number of benzene rings is 1. The first-order chi connectivity index (χ1) is 8.08. The molecular formula is C13H17N3O. The van der Waals surface area contributed by atoms with E-state index in [1.165, 1.54) is 0 Å². The Morgan fingerprint density at radius 3 is 2.82 bits per heavy atom. The Labute approximate surface area is 101 Å². The molecule has 4 heteroatoms. The fraction of sp³-hybridized carbons (Fsp3) is 0.385. The maximum absolute atomic E-state index is 7.68. The summed E-state index contributed by atoms with van der Waals surface area (Å²) in [6.45, 7) is 5.02. The summed E-state index contributed by atoms with van der Waals surface area (Å²) in [5.41, 5.74) is 7.27. The number of amidine groups is 2. The van der Waals surface area contributed by atoms with Gasteiger partial charge in [-0.25, -0.2) is 4.99 Å². The molecule has 0 saturated heterocycles. The van der Waals surface area contributed by atoms with E-state index in [1.807, 2.05) is 18.2 Å². The molecule has 0 aromatic heterocycles. The summed E-state index contributed by atoms with van der Waals surface area (Å²) < 4.78 is 5.64. The van der Waals surface area contributed by atoms with Gasteiger partial charge < -0.3 is 10.5 Å². The number of nitrogens with one attached hydrogen (secondary N) is 1. The fourth-order valence-corrected chi connectivity index (χ4v) is 1.69. The summed E-state index contributed by atoms with van der Waals surface area (Å²) in [5, 5.41) is 7.68. The van der Waals surface area contributed by atoms with Crippen LogP contribution in [-0.2, 0) is 0 Å². The van der Waals surface area contributed by atoms with Crippen molar-refractivity contribution in [2.75, 3.05) is 6.61 Å². The number of fused-ring (bicyclic) bond motifs is 1. The second-order valence-corrected chi connectivity index (χ2v) is 4.58. The molecule has 0 radical (unpaired) electrons. The summed E-state index contributed by atoms with van der Waals surface area (Å²) in [4.78, 5) is 3.93. The zero-order valence-corrected chi connectivity index (χ0v) is 10.2. The van der Waals surface area contributed by atoms with Crippen molar-refractivity contribution in [3.8, 4) is 5.75 Å². The van der Waals surface area contributed by atoms with Gasteiger partial charge in [-0.05, 0) is 30.5 Å². The van der Waals surface area contributed by atoms with Gasteiger partial charge in [0.25, 0.3) is 0 Å². The Morgan fingerprint density at radius 1 is 1.35 bits per heavy atom. The molecule has 1 aromatic rings. The van der Waals surface area contributed by atoms with E-state index in [4.69, 9.17) is 15.9 Å². The predicted octanol–water partition coefficient (Wildman–Crippen LogP) is 2.16. The lowest BCUT2D eigenvalue weighted by Gasteiger charge is -2.09. The van der Waals surface area contributed by atoms with E-state index in [1.54, 1.807) is 0 Å². The van der Waals surface area contributed by atoms with Gasteiger partial charge in [0.05, 0.1) is 6.61 Å². The molecule has 1 aliphatic rings. The number of nitrogens with zero attached hydrogens (tertiary/aromatic N) is 1. The van der Waals surface area contributed by atoms with E-state index in [0.717, 1.165) is 23.3 Å². The molecular weight excluding hydrogens is 214 g/mol. The number of nitrogens with two attached hydrogens (primary N) is 1. The molecule has 0 unspecified atom stereocenters. The summed E-state index contributed by atoms with van der Waals surface area (Å²) in [5.74, 6) is 2.03. The van der Waals surface area contributed by atoms with Crippen molar-refractivity contribution in [1.29, 1.82) is 5.41 Å². The highest BCUT2D eigenvalue weighted by Gasteiger charge is 2.18. The van der Waals surface area contributed by atoms with Crippen LogP contribution in [-0.4, -0.2) is 18.3 Å². The van der Waals surface area contributed by atoms with Crippen LogP contribution in [0.4, 0.5) is 0 Å². The number of aliphatic imine (C=N–C) groups is 1. The van der Waals surface area contributed by atoms with Gasteiger partial charge >= 0.3 is 0 Å². The van der Waals surface area contributed by atoms with Crippen molar-refractivity contribution < 1.29 is 4.74 Å². The van der Waals surface area contributed by atoms with Gasteiger partial charge in [-0.3, -0.25) is 5.41 Å². The topological polar surface area (TPSA) is 71.5 Å². The second kappa shape index (κ2) is 4.57. The molecule has 17 heavy (non-hydrogen) atoms. The minimum Gasteiger partial charge on any atom is -0.494 e. The van der Waals surface area contributed by atoms with Crippen LogP contribution in [0.5, 0.6) is 5.75 Å². The van der Waals surface area contributed by atoms with Gasteiger partial charge in [0, 0.05) is 11.1 Å². The predicted molar refractivity (Wildman–Crippen MR) is 68.9 cm³/mol. The van der Waals surface area contributed by atoms with Crippen molar-refractivity contribution in [3.63, 3.8) is 0 Å². The largest absolute Gasteiger partial charge is 0.494 e. The molecule has 1 aliphatic heterocycles. The van der Waals surface area contributed by atoms with E-state index in [2.05, 4.69) is 18.8 Å². The van der Waals surface area contributed by atoms with Crippen molar-refractivity contribution in [2.24, 2.45) is 16.6 Å². The van der Waals surface area contributed by atoms with Crippen LogP contribution in [0.15, 0.2) is 23.2 Å². The monoisotopic (exact) mass is 231 g/mol. The smallest absolute Gasteiger partial charge is 0.155 e. The number of rotatable bonds is 4. The van der Waals surface area contributed by atoms with Crippen LogP contribution in [0.3, 0.4) is 0 Å². The molecule has 0 aliphatic carbocycles. The quantitative estimate of drug-likeness (QED) is 0.833. The molecule has 0 spiro atoms. The Balaban J connectivity index is 2.09. The molecule has 0 saturated carbocycles. The molecule has 4 nitrogen and oxygen atoms in total. The molecule has 0 atom stereocenters. The molecule has 1 aromatic carbocycles. The number of ether oxygens (including phenoxy) is 1. The fourth-order valence-electron chi connectivity index (χ4n) is 1.69. The molecule has 0 amide bonds. The zero-order chi connectivity index (χ0) is 12.4. The van der Waals surface area contributed by atoms with E-state index in [0.29, 0.717) is 18.4 Å². The third-order valence-corrected chi connectivity index (χ3v) is 2.72. The van der Waals surface area contributed by atoms with Crippen LogP contribution in [0, 0.1) is 11.3 Å². The van der Waals surface area contributed by atoms with Gasteiger partial charge in [0.1, 0.15) is 11.6 Å². The Hall–Kier alpha value is -1.84. The van der Waals surface area contributed by atoms with Crippen LogP contribution in [0.2, 0.25) is 0 Å². The first-order valence-corrected chi connectivity index (χ1v) is 5.78. The Bertz CT molecular complexity index is 478. The second-order valence-electron chi connectivity index (χ2n) is 4.58. The van der Waals surface area contributed by atoms with Crippen molar-refractivity contribution in [2.45, 2.75) is 20.3 Å². The van der Waals surface area contributed by atoms with Crippen LogP contribution < -0.4 is 10.5 Å². The lowest BCUT2D eigenvalue weighted by Crippen LogP contribution is -2.10. The molecule has 1 heterocycles. The van der Waals surface area contributed by atoms with Crippen molar-refractivity contribution in [1.82, 2.24) is 0 Å². The maximum Gasteiger partial charge on any atom is 0.155 e. The van der Waals surface area contributed by atoms with Gasteiger partial charge in [-0.1, -0.05) is 13.8 Å². The van der Waals surface area contributed by atoms with Crippen LogP contribution >= 0.6 is 0 Å². The minimum absolute atomic E-state index is 0.215. The molecule has 0 bridgehead atoms. The van der Waals surface area contributed by atoms with Gasteiger partial charge in [-0.15, -0.1) is 0 Å². The standard InChI is InChI=1S/C13H17N3O/c1-8(2)5-6-17-9-3-4-10-11(7-9)13(15)16-12(10)14/h3-4,7-8H,5-6H2,1-2H3,(H3,14,15,16). The highest BCUT2D eigenvalue weighted by Crippen LogP contribution is 2.23. The molecule has 0 fully saturated rings. The van der Waals surface area contributed by atoms with Gasteiger partial charge in [-0.2, -0.15) is 0 Å². The first-order valence-electron chi connectivity index (χ1n) is 5.78.